The molecular formula is C13H14BrN3O2S. The van der Waals surface area contributed by atoms with Gasteiger partial charge in [0, 0.05) is 15.9 Å². The SMILES string of the molecule is Cc1cccc(NS(=O)(=O)c2cc(N)c(Br)cc2C)n1. The average molecular weight is 356 g/mol. The zero-order valence-corrected chi connectivity index (χ0v) is 13.4. The number of nitrogens with one attached hydrogen (secondary N) is 1. The highest BCUT2D eigenvalue weighted by Crippen LogP contribution is 2.27. The van der Waals surface area contributed by atoms with Crippen molar-refractivity contribution in [1.29, 1.82) is 0 Å². The summed E-state index contributed by atoms with van der Waals surface area (Å²) in [6.45, 7) is 3.50. The van der Waals surface area contributed by atoms with Crippen molar-refractivity contribution in [3.05, 3.63) is 46.1 Å². The number of benzene rings is 1. The molecule has 1 aromatic carbocycles. The maximum absolute atomic E-state index is 12.4. The number of rotatable bonds is 3. The minimum Gasteiger partial charge on any atom is -0.398 e. The van der Waals surface area contributed by atoms with Crippen molar-refractivity contribution in [2.24, 2.45) is 0 Å². The molecule has 0 atom stereocenters. The first kappa shape index (κ1) is 14.8. The fourth-order valence-electron chi connectivity index (χ4n) is 1.75. The van der Waals surface area contributed by atoms with Crippen LogP contribution in [0.1, 0.15) is 11.3 Å². The molecule has 0 aliphatic rings. The van der Waals surface area contributed by atoms with E-state index in [0.717, 1.165) is 5.69 Å². The summed E-state index contributed by atoms with van der Waals surface area (Å²) in [5.74, 6) is 0.283. The molecular weight excluding hydrogens is 342 g/mol. The van der Waals surface area contributed by atoms with Crippen molar-refractivity contribution >= 4 is 37.5 Å². The van der Waals surface area contributed by atoms with Crippen molar-refractivity contribution in [2.75, 3.05) is 10.5 Å². The third-order valence-corrected chi connectivity index (χ3v) is 4.89. The van der Waals surface area contributed by atoms with Gasteiger partial charge in [-0.1, -0.05) is 6.07 Å². The van der Waals surface area contributed by atoms with Gasteiger partial charge in [-0.25, -0.2) is 13.4 Å². The Kier molecular flexibility index (Phi) is 4.01. The molecule has 0 aliphatic heterocycles. The number of hydrogen-bond donors (Lipinski definition) is 2. The Hall–Kier alpha value is -1.60. The molecule has 5 nitrogen and oxygen atoms in total. The standard InChI is InChI=1S/C13H14BrN3O2S/c1-8-6-10(14)11(15)7-12(8)20(18,19)17-13-5-3-4-9(2)16-13/h3-7H,15H2,1-2H3,(H,16,17). The van der Waals surface area contributed by atoms with Crippen LogP contribution in [0.15, 0.2) is 39.7 Å². The topological polar surface area (TPSA) is 85.1 Å². The second kappa shape index (κ2) is 5.41. The van der Waals surface area contributed by atoms with E-state index in [1.54, 1.807) is 38.1 Å². The van der Waals surface area contributed by atoms with Crippen LogP contribution in [0.2, 0.25) is 0 Å². The highest BCUT2D eigenvalue weighted by Gasteiger charge is 2.19. The maximum atomic E-state index is 12.4. The largest absolute Gasteiger partial charge is 0.398 e. The van der Waals surface area contributed by atoms with Gasteiger partial charge in [0.1, 0.15) is 5.82 Å². The van der Waals surface area contributed by atoms with Crippen LogP contribution >= 0.6 is 15.9 Å². The van der Waals surface area contributed by atoms with E-state index < -0.39 is 10.0 Å². The summed E-state index contributed by atoms with van der Waals surface area (Å²) in [6.07, 6.45) is 0. The molecule has 0 fully saturated rings. The zero-order valence-electron chi connectivity index (χ0n) is 11.0. The summed E-state index contributed by atoms with van der Waals surface area (Å²) in [6, 6.07) is 8.23. The first-order chi connectivity index (χ1) is 9.29. The lowest BCUT2D eigenvalue weighted by atomic mass is 10.2. The van der Waals surface area contributed by atoms with Gasteiger partial charge in [-0.05, 0) is 59.6 Å². The van der Waals surface area contributed by atoms with Gasteiger partial charge in [0.2, 0.25) is 0 Å². The lowest BCUT2D eigenvalue weighted by Gasteiger charge is -2.11. The van der Waals surface area contributed by atoms with E-state index in [2.05, 4.69) is 25.6 Å². The summed E-state index contributed by atoms with van der Waals surface area (Å²) >= 11 is 3.27. The number of nitrogens with zero attached hydrogens (tertiary/aromatic N) is 1. The third kappa shape index (κ3) is 3.10. The first-order valence-corrected chi connectivity index (χ1v) is 8.09. The number of pyridine rings is 1. The number of anilines is 2. The molecule has 7 heteroatoms. The molecule has 1 aromatic heterocycles. The first-order valence-electron chi connectivity index (χ1n) is 5.82. The summed E-state index contributed by atoms with van der Waals surface area (Å²) in [5, 5.41) is 0. The van der Waals surface area contributed by atoms with Crippen LogP contribution < -0.4 is 10.5 Å². The quantitative estimate of drug-likeness (QED) is 0.829. The number of sulfonamides is 1. The van der Waals surface area contributed by atoms with Gasteiger partial charge in [0.25, 0.3) is 10.0 Å². The number of nitrogens with two attached hydrogens (primary N) is 1. The number of nitrogen functional groups attached to an aromatic ring is 1. The van der Waals surface area contributed by atoms with Crippen LogP contribution in [0.3, 0.4) is 0 Å². The minimum atomic E-state index is -3.71. The number of hydrogen-bond acceptors (Lipinski definition) is 4. The molecule has 0 unspecified atom stereocenters. The fraction of sp³-hybridized carbons (Fsp3) is 0.154. The van der Waals surface area contributed by atoms with E-state index in [0.29, 0.717) is 15.7 Å². The van der Waals surface area contributed by atoms with Gasteiger partial charge in [-0.2, -0.15) is 0 Å². The lowest BCUT2D eigenvalue weighted by molar-refractivity contribution is 0.600. The smallest absolute Gasteiger partial charge is 0.263 e. The maximum Gasteiger partial charge on any atom is 0.263 e. The minimum absolute atomic E-state index is 0.140. The van der Waals surface area contributed by atoms with Crippen molar-refractivity contribution in [3.8, 4) is 0 Å². The predicted octanol–water partition coefficient (Wildman–Crippen LogP) is 2.84. The Balaban J connectivity index is 2.43. The highest BCUT2D eigenvalue weighted by molar-refractivity contribution is 9.10. The van der Waals surface area contributed by atoms with Crippen LogP contribution in [0.5, 0.6) is 0 Å². The summed E-state index contributed by atoms with van der Waals surface area (Å²) in [4.78, 5) is 4.26. The van der Waals surface area contributed by atoms with Crippen molar-refractivity contribution in [2.45, 2.75) is 18.7 Å². The van der Waals surface area contributed by atoms with Gasteiger partial charge in [-0.3, -0.25) is 4.72 Å². The Morgan fingerprint density at radius 2 is 1.95 bits per heavy atom. The van der Waals surface area contributed by atoms with Crippen molar-refractivity contribution < 1.29 is 8.42 Å². The molecule has 1 heterocycles. The van der Waals surface area contributed by atoms with Crippen molar-refractivity contribution in [3.63, 3.8) is 0 Å². The van der Waals surface area contributed by atoms with E-state index >= 15 is 0 Å². The van der Waals surface area contributed by atoms with Crippen LogP contribution in [-0.2, 0) is 10.0 Å². The normalized spacial score (nSPS) is 11.3. The molecule has 3 N–H and O–H groups in total. The molecule has 0 saturated carbocycles. The molecule has 0 aliphatic carbocycles. The van der Waals surface area contributed by atoms with E-state index in [4.69, 9.17) is 5.73 Å². The van der Waals surface area contributed by atoms with E-state index in [1.807, 2.05) is 0 Å². The Morgan fingerprint density at radius 3 is 2.60 bits per heavy atom. The molecule has 0 bridgehead atoms. The second-order valence-electron chi connectivity index (χ2n) is 4.41. The Bertz CT molecular complexity index is 760. The van der Waals surface area contributed by atoms with Gasteiger partial charge >= 0.3 is 0 Å². The summed E-state index contributed by atoms with van der Waals surface area (Å²) in [5.41, 5.74) is 7.45. The van der Waals surface area contributed by atoms with E-state index in [9.17, 15) is 8.42 Å². The van der Waals surface area contributed by atoms with E-state index in [-0.39, 0.29) is 10.7 Å². The van der Waals surface area contributed by atoms with Gasteiger partial charge in [0.15, 0.2) is 0 Å². The van der Waals surface area contributed by atoms with Crippen LogP contribution in [0.25, 0.3) is 0 Å². The van der Waals surface area contributed by atoms with Gasteiger partial charge in [0.05, 0.1) is 4.90 Å². The molecule has 20 heavy (non-hydrogen) atoms. The molecule has 0 radical (unpaired) electrons. The lowest BCUT2D eigenvalue weighted by Crippen LogP contribution is -2.15. The van der Waals surface area contributed by atoms with E-state index in [1.165, 1.54) is 6.07 Å². The van der Waals surface area contributed by atoms with Crippen LogP contribution in [0, 0.1) is 13.8 Å². The number of aromatic nitrogens is 1. The second-order valence-corrected chi connectivity index (χ2v) is 6.91. The molecule has 106 valence electrons. The molecule has 0 amide bonds. The van der Waals surface area contributed by atoms with Gasteiger partial charge < -0.3 is 5.73 Å². The van der Waals surface area contributed by atoms with Crippen LogP contribution in [0.4, 0.5) is 11.5 Å². The summed E-state index contributed by atoms with van der Waals surface area (Å²) in [7, 11) is -3.71. The Labute approximate surface area is 126 Å². The monoisotopic (exact) mass is 355 g/mol. The molecule has 0 saturated heterocycles. The molecule has 0 spiro atoms. The Morgan fingerprint density at radius 1 is 1.25 bits per heavy atom. The predicted molar refractivity (Wildman–Crippen MR) is 83.1 cm³/mol. The molecule has 2 rings (SSSR count). The number of halogens is 1. The van der Waals surface area contributed by atoms with Crippen LogP contribution in [-0.4, -0.2) is 13.4 Å². The average Bonchev–Trinajstić information content (AvgIpc) is 2.33. The fourth-order valence-corrected chi connectivity index (χ4v) is 3.47. The highest BCUT2D eigenvalue weighted by atomic mass is 79.9. The third-order valence-electron chi connectivity index (χ3n) is 2.71. The summed E-state index contributed by atoms with van der Waals surface area (Å²) < 4.78 is 27.9. The van der Waals surface area contributed by atoms with Crippen molar-refractivity contribution in [1.82, 2.24) is 4.98 Å². The number of aryl methyl sites for hydroxylation is 2. The van der Waals surface area contributed by atoms with Gasteiger partial charge in [-0.15, -0.1) is 0 Å². The zero-order chi connectivity index (χ0) is 14.9. The molecule has 2 aromatic rings.